The van der Waals surface area contributed by atoms with Crippen LogP contribution in [0.25, 0.3) is 11.3 Å². The van der Waals surface area contributed by atoms with Crippen LogP contribution in [0.15, 0.2) is 88.3 Å². The number of rotatable bonds is 9. The van der Waals surface area contributed by atoms with Crippen LogP contribution < -0.4 is 10.0 Å². The molecule has 46 heavy (non-hydrogen) atoms. The van der Waals surface area contributed by atoms with Gasteiger partial charge >= 0.3 is 6.03 Å². The fourth-order valence-corrected chi connectivity index (χ4v) is 7.73. The van der Waals surface area contributed by atoms with Crippen LogP contribution in [0.5, 0.6) is 0 Å². The number of hydrogen-bond donors (Lipinski definition) is 2. The summed E-state index contributed by atoms with van der Waals surface area (Å²) in [6.07, 6.45) is 5.47. The number of amides is 3. The summed E-state index contributed by atoms with van der Waals surface area (Å²) in [7, 11) is -4.03. The predicted octanol–water partition coefficient (Wildman–Crippen LogP) is 6.39. The van der Waals surface area contributed by atoms with Gasteiger partial charge in [0.05, 0.1) is 17.6 Å². The lowest BCUT2D eigenvalue weighted by atomic mass is 9.99. The summed E-state index contributed by atoms with van der Waals surface area (Å²) in [5.41, 5.74) is 4.62. The number of fused-ring (bicyclic) bond motifs is 2. The molecule has 2 bridgehead atoms. The zero-order chi connectivity index (χ0) is 31.8. The lowest BCUT2D eigenvalue weighted by Gasteiger charge is -2.38. The van der Waals surface area contributed by atoms with Crippen LogP contribution in [0, 0.1) is 6.92 Å². The molecule has 3 aliphatic rings. The number of sulfonamides is 1. The molecule has 3 aromatic carbocycles. The van der Waals surface area contributed by atoms with Crippen LogP contribution in [0.2, 0.25) is 0 Å². The van der Waals surface area contributed by atoms with Crippen molar-refractivity contribution >= 4 is 27.6 Å². The molecule has 1 saturated carbocycles. The first-order chi connectivity index (χ1) is 22.3. The average Bonchev–Trinajstić information content (AvgIpc) is 3.75. The molecule has 2 N–H and O–H groups in total. The molecule has 0 radical (unpaired) electrons. The molecule has 238 valence electrons. The normalized spacial score (nSPS) is 20.8. The van der Waals surface area contributed by atoms with Crippen molar-refractivity contribution in [1.82, 2.24) is 14.8 Å². The van der Waals surface area contributed by atoms with E-state index in [4.69, 9.17) is 9.26 Å². The van der Waals surface area contributed by atoms with Gasteiger partial charge in [-0.3, -0.25) is 4.79 Å². The molecule has 11 heteroatoms. The van der Waals surface area contributed by atoms with Gasteiger partial charge in [0, 0.05) is 40.4 Å². The van der Waals surface area contributed by atoms with E-state index in [1.54, 1.807) is 30.3 Å². The lowest BCUT2D eigenvalue weighted by molar-refractivity contribution is -0.0158. The van der Waals surface area contributed by atoms with E-state index in [1.807, 2.05) is 17.0 Å². The van der Waals surface area contributed by atoms with Crippen molar-refractivity contribution in [1.29, 1.82) is 0 Å². The molecule has 1 aromatic heterocycles. The topological polar surface area (TPSA) is 131 Å². The number of aryl methyl sites for hydroxylation is 1. The van der Waals surface area contributed by atoms with Gasteiger partial charge in [-0.15, -0.1) is 0 Å². The highest BCUT2D eigenvalue weighted by Gasteiger charge is 2.44. The number of carbonyl (C=O) groups is 2. The summed E-state index contributed by atoms with van der Waals surface area (Å²) >= 11 is 0. The molecule has 3 fully saturated rings. The minimum atomic E-state index is -4.03. The number of ether oxygens (including phenoxy) is 1. The molecule has 10 nitrogen and oxygen atoms in total. The Morgan fingerprint density at radius 2 is 1.65 bits per heavy atom. The first kappa shape index (κ1) is 30.2. The second-order valence-electron chi connectivity index (χ2n) is 12.4. The summed E-state index contributed by atoms with van der Waals surface area (Å²) in [5, 5.41) is 7.39. The van der Waals surface area contributed by atoms with E-state index >= 15 is 0 Å². The monoisotopic (exact) mass is 640 g/mol. The molecule has 3 heterocycles. The smallest absolute Gasteiger partial charge is 0.322 e. The highest BCUT2D eigenvalue weighted by atomic mass is 32.2. The number of nitrogens with zero attached hydrogens (tertiary/aromatic N) is 2. The van der Waals surface area contributed by atoms with Gasteiger partial charge in [0.25, 0.3) is 15.9 Å². The van der Waals surface area contributed by atoms with Crippen molar-refractivity contribution in [3.63, 3.8) is 0 Å². The van der Waals surface area contributed by atoms with Crippen molar-refractivity contribution in [3.05, 3.63) is 101 Å². The van der Waals surface area contributed by atoms with Gasteiger partial charge in [0.15, 0.2) is 0 Å². The molecule has 3 amide bonds. The maximum absolute atomic E-state index is 13.5. The zero-order valence-electron chi connectivity index (χ0n) is 25.5. The molecule has 2 aliphatic heterocycles. The predicted molar refractivity (Wildman–Crippen MR) is 172 cm³/mol. The Morgan fingerprint density at radius 1 is 0.935 bits per heavy atom. The van der Waals surface area contributed by atoms with Crippen molar-refractivity contribution < 1.29 is 27.3 Å². The summed E-state index contributed by atoms with van der Waals surface area (Å²) in [5.74, 6) is 0.566. The zero-order valence-corrected chi connectivity index (χ0v) is 26.3. The van der Waals surface area contributed by atoms with E-state index < -0.39 is 15.9 Å². The van der Waals surface area contributed by atoms with E-state index in [0.29, 0.717) is 18.2 Å². The highest BCUT2D eigenvalue weighted by Crippen LogP contribution is 2.45. The van der Waals surface area contributed by atoms with Gasteiger partial charge in [-0.05, 0) is 81.3 Å². The molecule has 2 atom stereocenters. The standard InChI is InChI=1S/C35H36N4O6S/c1-22-8-5-6-13-30(22)32-31(33(45-37-32)23-14-15-23)21-44-28-19-26-16-17-27(20-28)39(26)35(41)36-25-10-7-9-24(18-25)34(40)38-46(42,43)29-11-3-2-4-12-29/h2-13,18,23,26-28H,14-17,19-21H2,1H3,(H,36,41)(H,38,40). The Labute approximate surface area is 268 Å². The first-order valence-electron chi connectivity index (χ1n) is 15.7. The third-order valence-corrected chi connectivity index (χ3v) is 10.6. The van der Waals surface area contributed by atoms with Gasteiger partial charge in [-0.2, -0.15) is 0 Å². The third kappa shape index (κ3) is 6.17. The molecule has 4 aromatic rings. The second-order valence-corrected chi connectivity index (χ2v) is 14.1. The molecule has 0 spiro atoms. The Morgan fingerprint density at radius 3 is 2.37 bits per heavy atom. The Balaban J connectivity index is 0.987. The molecule has 2 saturated heterocycles. The fourth-order valence-electron chi connectivity index (χ4n) is 6.74. The quantitative estimate of drug-likeness (QED) is 0.217. The van der Waals surface area contributed by atoms with Crippen LogP contribution in [-0.4, -0.2) is 48.6 Å². The van der Waals surface area contributed by atoms with Gasteiger partial charge in [0.1, 0.15) is 11.5 Å². The number of benzene rings is 3. The molecular weight excluding hydrogens is 604 g/mol. The van der Waals surface area contributed by atoms with Crippen LogP contribution in [0.3, 0.4) is 0 Å². The van der Waals surface area contributed by atoms with E-state index in [2.05, 4.69) is 34.3 Å². The fraction of sp³-hybridized carbons (Fsp3) is 0.343. The number of nitrogens with one attached hydrogen (secondary N) is 2. The second kappa shape index (κ2) is 12.4. The summed E-state index contributed by atoms with van der Waals surface area (Å²) in [4.78, 5) is 28.2. The van der Waals surface area contributed by atoms with Crippen LogP contribution in [-0.2, 0) is 21.4 Å². The summed E-state index contributed by atoms with van der Waals surface area (Å²) in [6.45, 7) is 2.50. The lowest BCUT2D eigenvalue weighted by Crippen LogP contribution is -2.50. The van der Waals surface area contributed by atoms with E-state index in [1.165, 1.54) is 24.3 Å². The number of carbonyl (C=O) groups excluding carboxylic acids is 2. The molecular formula is C35H36N4O6S. The van der Waals surface area contributed by atoms with Gasteiger partial charge < -0.3 is 19.5 Å². The number of aromatic nitrogens is 1. The molecule has 1 aliphatic carbocycles. The van der Waals surface area contributed by atoms with Crippen molar-refractivity contribution in [2.45, 2.75) is 81.1 Å². The molecule has 7 rings (SSSR count). The van der Waals surface area contributed by atoms with Crippen LogP contribution in [0.1, 0.15) is 71.7 Å². The maximum atomic E-state index is 13.5. The van der Waals surface area contributed by atoms with Crippen molar-refractivity contribution in [2.24, 2.45) is 0 Å². The van der Waals surface area contributed by atoms with Gasteiger partial charge in [0.2, 0.25) is 0 Å². The van der Waals surface area contributed by atoms with Crippen molar-refractivity contribution in [3.8, 4) is 11.3 Å². The SMILES string of the molecule is Cc1ccccc1-c1noc(C2CC2)c1COC1CC2CCC(C1)N2C(=O)Nc1cccc(C(=O)NS(=O)(=O)c2ccccc2)c1. The minimum Gasteiger partial charge on any atom is -0.373 e. The largest absolute Gasteiger partial charge is 0.373 e. The van der Waals surface area contributed by atoms with Crippen LogP contribution >= 0.6 is 0 Å². The first-order valence-corrected chi connectivity index (χ1v) is 17.2. The average molecular weight is 641 g/mol. The number of anilines is 1. The summed E-state index contributed by atoms with van der Waals surface area (Å²) in [6, 6.07) is 22.0. The Kier molecular flexibility index (Phi) is 8.12. The van der Waals surface area contributed by atoms with Crippen LogP contribution in [0.4, 0.5) is 10.5 Å². The Hall–Kier alpha value is -4.48. The summed E-state index contributed by atoms with van der Waals surface area (Å²) < 4.78 is 39.7. The van der Waals surface area contributed by atoms with Gasteiger partial charge in [-0.1, -0.05) is 53.7 Å². The Bertz CT molecular complexity index is 1860. The van der Waals surface area contributed by atoms with E-state index in [9.17, 15) is 18.0 Å². The minimum absolute atomic E-state index is 0.00631. The maximum Gasteiger partial charge on any atom is 0.322 e. The number of urea groups is 1. The highest BCUT2D eigenvalue weighted by molar-refractivity contribution is 7.90. The number of hydrogen-bond acceptors (Lipinski definition) is 7. The third-order valence-electron chi connectivity index (χ3n) is 9.21. The molecule has 2 unspecified atom stereocenters. The van der Waals surface area contributed by atoms with Gasteiger partial charge in [-0.25, -0.2) is 17.9 Å². The van der Waals surface area contributed by atoms with E-state index in [-0.39, 0.29) is 34.7 Å². The van der Waals surface area contributed by atoms with E-state index in [0.717, 1.165) is 66.7 Å². The van der Waals surface area contributed by atoms with Crippen molar-refractivity contribution in [2.75, 3.05) is 5.32 Å². The number of piperidine rings is 1.